The zero-order valence-electron chi connectivity index (χ0n) is 21.6. The fourth-order valence-electron chi connectivity index (χ4n) is 6.50. The van der Waals surface area contributed by atoms with Crippen LogP contribution in [0.2, 0.25) is 0 Å². The maximum atomic E-state index is 14.3. The standard InChI is InChI=1S/C28H35N3O6/c1-4-29(5-2)19-9-11-20(12-10-19)30-15-6-14-28-21(22-26(35)36-18-7-13-27(22,3)37-28)24(33)31(16-8-17-32)23(28)25(30)34/h6-7,9-14,21-23,32H,4-5,8,15-18H2,1-3H3/t21-,22+,23?,27-,28-/m0/s1. The van der Waals surface area contributed by atoms with E-state index in [0.717, 1.165) is 24.5 Å². The molecule has 5 atom stereocenters. The third-order valence-corrected chi connectivity index (χ3v) is 8.16. The van der Waals surface area contributed by atoms with E-state index in [4.69, 9.17) is 9.47 Å². The largest absolute Gasteiger partial charge is 0.461 e. The van der Waals surface area contributed by atoms with Gasteiger partial charge in [-0.25, -0.2) is 0 Å². The summed E-state index contributed by atoms with van der Waals surface area (Å²) in [6.45, 7) is 8.22. The first-order chi connectivity index (χ1) is 17.8. The fraction of sp³-hybridized carbons (Fsp3) is 0.536. The van der Waals surface area contributed by atoms with Crippen LogP contribution in [0.3, 0.4) is 0 Å². The molecule has 0 bridgehead atoms. The van der Waals surface area contributed by atoms with Crippen LogP contribution >= 0.6 is 0 Å². The second kappa shape index (κ2) is 9.61. The highest BCUT2D eigenvalue weighted by atomic mass is 16.6. The molecule has 0 aromatic heterocycles. The molecule has 1 aromatic rings. The van der Waals surface area contributed by atoms with Gasteiger partial charge in [0.15, 0.2) is 0 Å². The van der Waals surface area contributed by atoms with E-state index in [9.17, 15) is 19.5 Å². The summed E-state index contributed by atoms with van der Waals surface area (Å²) in [4.78, 5) is 46.7. The maximum Gasteiger partial charge on any atom is 0.313 e. The van der Waals surface area contributed by atoms with Crippen LogP contribution < -0.4 is 9.80 Å². The van der Waals surface area contributed by atoms with Crippen molar-refractivity contribution in [2.45, 2.75) is 44.4 Å². The number of carbonyl (C=O) groups is 3. The smallest absolute Gasteiger partial charge is 0.313 e. The van der Waals surface area contributed by atoms with Gasteiger partial charge in [-0.2, -0.15) is 0 Å². The molecule has 0 saturated carbocycles. The van der Waals surface area contributed by atoms with E-state index in [1.54, 1.807) is 24.0 Å². The topological polar surface area (TPSA) is 99.6 Å². The number of carbonyl (C=O) groups excluding carboxylic acids is 3. The lowest BCUT2D eigenvalue weighted by molar-refractivity contribution is -0.156. The number of nitrogens with zero attached hydrogens (tertiary/aromatic N) is 3. The molecule has 9 heteroatoms. The molecule has 0 radical (unpaired) electrons. The van der Waals surface area contributed by atoms with Gasteiger partial charge in [-0.1, -0.05) is 18.2 Å². The summed E-state index contributed by atoms with van der Waals surface area (Å²) in [5, 5.41) is 9.51. The van der Waals surface area contributed by atoms with E-state index in [0.29, 0.717) is 13.0 Å². The molecule has 1 spiro atoms. The molecule has 1 N–H and O–H groups in total. The van der Waals surface area contributed by atoms with Gasteiger partial charge in [0.1, 0.15) is 24.2 Å². The number of esters is 1. The van der Waals surface area contributed by atoms with Crippen LogP contribution in [0.15, 0.2) is 48.6 Å². The summed E-state index contributed by atoms with van der Waals surface area (Å²) in [6, 6.07) is 6.87. The number of hydrogen-bond acceptors (Lipinski definition) is 7. The number of likely N-dealkylation sites (tertiary alicyclic amines) is 1. The van der Waals surface area contributed by atoms with Gasteiger partial charge in [-0.3, -0.25) is 14.4 Å². The van der Waals surface area contributed by atoms with E-state index < -0.39 is 35.0 Å². The number of ether oxygens (including phenoxy) is 2. The van der Waals surface area contributed by atoms with Crippen LogP contribution in [0.5, 0.6) is 0 Å². The van der Waals surface area contributed by atoms with Crippen molar-refractivity contribution in [3.63, 3.8) is 0 Å². The highest BCUT2D eigenvalue weighted by Gasteiger charge is 2.74. The number of fused-ring (bicyclic) bond motifs is 2. The molecular weight excluding hydrogens is 474 g/mol. The Labute approximate surface area is 217 Å². The number of aliphatic hydroxyl groups excluding tert-OH is 1. The van der Waals surface area contributed by atoms with Crippen molar-refractivity contribution in [2.24, 2.45) is 11.8 Å². The van der Waals surface area contributed by atoms with Crippen molar-refractivity contribution in [3.05, 3.63) is 48.6 Å². The first-order valence-electron chi connectivity index (χ1n) is 13.1. The zero-order valence-corrected chi connectivity index (χ0v) is 21.6. The van der Waals surface area contributed by atoms with Crippen LogP contribution in [-0.4, -0.2) is 84.4 Å². The predicted octanol–water partition coefficient (Wildman–Crippen LogP) is 1.90. The third-order valence-electron chi connectivity index (χ3n) is 8.16. The van der Waals surface area contributed by atoms with Gasteiger partial charge in [0, 0.05) is 44.2 Å². The number of benzene rings is 1. The van der Waals surface area contributed by atoms with Crippen molar-refractivity contribution >= 4 is 29.2 Å². The summed E-state index contributed by atoms with van der Waals surface area (Å²) in [5.74, 6) is -2.87. The monoisotopic (exact) mass is 509 g/mol. The van der Waals surface area contributed by atoms with Gasteiger partial charge in [0.25, 0.3) is 5.91 Å². The lowest BCUT2D eigenvalue weighted by Gasteiger charge is -2.37. The van der Waals surface area contributed by atoms with Gasteiger partial charge in [0.05, 0.1) is 11.5 Å². The minimum Gasteiger partial charge on any atom is -0.461 e. The number of cyclic esters (lactones) is 1. The number of aliphatic hydroxyl groups is 1. The Bertz CT molecular complexity index is 1130. The molecule has 37 heavy (non-hydrogen) atoms. The van der Waals surface area contributed by atoms with Crippen molar-refractivity contribution in [3.8, 4) is 0 Å². The normalized spacial score (nSPS) is 32.5. The Morgan fingerprint density at radius 1 is 1.03 bits per heavy atom. The fourth-order valence-corrected chi connectivity index (χ4v) is 6.50. The molecule has 2 amide bonds. The van der Waals surface area contributed by atoms with E-state index in [2.05, 4.69) is 18.7 Å². The lowest BCUT2D eigenvalue weighted by Crippen LogP contribution is -2.56. The highest BCUT2D eigenvalue weighted by Crippen LogP contribution is 2.57. The Balaban J connectivity index is 1.56. The molecule has 198 valence electrons. The third kappa shape index (κ3) is 3.87. The molecular formula is C28H35N3O6. The summed E-state index contributed by atoms with van der Waals surface area (Å²) < 4.78 is 12.0. The molecule has 1 unspecified atom stereocenters. The van der Waals surface area contributed by atoms with Crippen LogP contribution in [0.25, 0.3) is 0 Å². The van der Waals surface area contributed by atoms with Crippen molar-refractivity contribution in [1.29, 1.82) is 0 Å². The first kappa shape index (κ1) is 25.5. The first-order valence-corrected chi connectivity index (χ1v) is 13.1. The molecule has 4 aliphatic rings. The van der Waals surface area contributed by atoms with Gasteiger partial charge in [-0.05, 0) is 57.5 Å². The van der Waals surface area contributed by atoms with E-state index in [1.165, 1.54) is 4.90 Å². The summed E-state index contributed by atoms with van der Waals surface area (Å²) in [5.41, 5.74) is -0.611. The van der Waals surface area contributed by atoms with Crippen LogP contribution in [0.4, 0.5) is 11.4 Å². The summed E-state index contributed by atoms with van der Waals surface area (Å²) >= 11 is 0. The molecule has 2 saturated heterocycles. The Hall–Kier alpha value is -3.17. The quantitative estimate of drug-likeness (QED) is 0.443. The average Bonchev–Trinajstić information content (AvgIpc) is 3.14. The molecule has 1 aromatic carbocycles. The number of rotatable bonds is 7. The zero-order chi connectivity index (χ0) is 26.4. The SMILES string of the molecule is CCN(CC)c1ccc(N2CC=C[C@]34O[C@@]5(C)C=CCOC(=O)[C@H]5[C@H]3C(=O)N(CCCO)C4C2=O)cc1. The molecule has 9 nitrogen and oxygen atoms in total. The van der Waals surface area contributed by atoms with Crippen LogP contribution in [-0.2, 0) is 23.9 Å². The van der Waals surface area contributed by atoms with Crippen molar-refractivity contribution < 1.29 is 29.0 Å². The minimum absolute atomic E-state index is 0.117. The highest BCUT2D eigenvalue weighted by molar-refractivity contribution is 6.05. The maximum absolute atomic E-state index is 14.3. The lowest BCUT2D eigenvalue weighted by atomic mass is 9.75. The molecule has 0 aliphatic carbocycles. The van der Waals surface area contributed by atoms with Crippen molar-refractivity contribution in [2.75, 3.05) is 49.2 Å². The summed E-state index contributed by atoms with van der Waals surface area (Å²) in [6.07, 6.45) is 7.49. The van der Waals surface area contributed by atoms with Crippen molar-refractivity contribution in [1.82, 2.24) is 4.90 Å². The van der Waals surface area contributed by atoms with Crippen LogP contribution in [0.1, 0.15) is 27.2 Å². The van der Waals surface area contributed by atoms with Gasteiger partial charge < -0.3 is 29.3 Å². The van der Waals surface area contributed by atoms with Gasteiger partial charge in [0.2, 0.25) is 5.91 Å². The average molecular weight is 510 g/mol. The number of amides is 2. The van der Waals surface area contributed by atoms with E-state index in [-0.39, 0.29) is 31.6 Å². The van der Waals surface area contributed by atoms with Gasteiger partial charge in [-0.15, -0.1) is 0 Å². The Morgan fingerprint density at radius 2 is 1.76 bits per heavy atom. The summed E-state index contributed by atoms with van der Waals surface area (Å²) in [7, 11) is 0. The number of anilines is 2. The van der Waals surface area contributed by atoms with E-state index >= 15 is 0 Å². The Kier molecular flexibility index (Phi) is 6.62. The minimum atomic E-state index is -1.32. The molecule has 4 heterocycles. The Morgan fingerprint density at radius 3 is 2.43 bits per heavy atom. The van der Waals surface area contributed by atoms with E-state index in [1.807, 2.05) is 36.4 Å². The number of hydrogen-bond donors (Lipinski definition) is 1. The second-order valence-corrected chi connectivity index (χ2v) is 10.2. The predicted molar refractivity (Wildman–Crippen MR) is 138 cm³/mol. The molecule has 5 rings (SSSR count). The molecule has 2 fully saturated rings. The van der Waals surface area contributed by atoms with Crippen LogP contribution in [0, 0.1) is 11.8 Å². The molecule has 4 aliphatic heterocycles. The second-order valence-electron chi connectivity index (χ2n) is 10.2. The van der Waals surface area contributed by atoms with Gasteiger partial charge >= 0.3 is 5.97 Å².